The highest BCUT2D eigenvalue weighted by Crippen LogP contribution is 2.23. The molecule has 0 spiro atoms. The predicted octanol–water partition coefficient (Wildman–Crippen LogP) is 2.58. The minimum absolute atomic E-state index is 0.0996. The first kappa shape index (κ1) is 11.4. The molecule has 14 heavy (non-hydrogen) atoms. The van der Waals surface area contributed by atoms with Gasteiger partial charge in [-0.1, -0.05) is 25.1 Å². The second-order valence-electron chi connectivity index (χ2n) is 3.03. The number of aliphatic hydroxyl groups is 1. The van der Waals surface area contributed by atoms with Gasteiger partial charge < -0.3 is 5.11 Å². The van der Waals surface area contributed by atoms with Crippen molar-refractivity contribution in [3.05, 3.63) is 33.8 Å². The number of hydrogen-bond donors (Lipinski definition) is 1. The lowest BCUT2D eigenvalue weighted by Crippen LogP contribution is -2.01. The average Bonchev–Trinajstić information content (AvgIpc) is 2.20. The monoisotopic (exact) mass is 256 g/mol. The molecule has 0 amide bonds. The highest BCUT2D eigenvalue weighted by Gasteiger charge is 2.10. The standard InChI is InChI=1S/C11H13BrO2/c1-2-10(14)9-5-3-4-8(6-7-13)11(9)12/h3-5,13H,2,6-7H2,1H3. The van der Waals surface area contributed by atoms with Crippen LogP contribution in [-0.2, 0) is 6.42 Å². The Hall–Kier alpha value is -0.670. The van der Waals surface area contributed by atoms with Crippen LogP contribution in [0.5, 0.6) is 0 Å². The van der Waals surface area contributed by atoms with Gasteiger partial charge in [-0.15, -0.1) is 0 Å². The second kappa shape index (κ2) is 5.27. The Morgan fingerprint density at radius 3 is 2.79 bits per heavy atom. The van der Waals surface area contributed by atoms with Crippen LogP contribution in [0.1, 0.15) is 29.3 Å². The molecule has 1 rings (SSSR count). The van der Waals surface area contributed by atoms with Gasteiger partial charge in [0.25, 0.3) is 0 Å². The summed E-state index contributed by atoms with van der Waals surface area (Å²) < 4.78 is 0.820. The maximum Gasteiger partial charge on any atom is 0.163 e. The molecule has 0 bridgehead atoms. The van der Waals surface area contributed by atoms with E-state index in [0.717, 1.165) is 10.0 Å². The Labute approximate surface area is 92.1 Å². The summed E-state index contributed by atoms with van der Waals surface area (Å²) in [5.41, 5.74) is 1.69. The van der Waals surface area contributed by atoms with E-state index in [0.29, 0.717) is 18.4 Å². The van der Waals surface area contributed by atoms with Gasteiger partial charge in [0, 0.05) is 23.1 Å². The van der Waals surface area contributed by atoms with E-state index in [4.69, 9.17) is 5.11 Å². The molecule has 0 saturated carbocycles. The normalized spacial score (nSPS) is 10.2. The maximum absolute atomic E-state index is 11.5. The van der Waals surface area contributed by atoms with Crippen molar-refractivity contribution >= 4 is 21.7 Å². The first-order valence-corrected chi connectivity index (χ1v) is 5.41. The quantitative estimate of drug-likeness (QED) is 0.842. The van der Waals surface area contributed by atoms with E-state index in [2.05, 4.69) is 15.9 Å². The van der Waals surface area contributed by atoms with Crippen LogP contribution in [0, 0.1) is 0 Å². The highest BCUT2D eigenvalue weighted by atomic mass is 79.9. The van der Waals surface area contributed by atoms with E-state index < -0.39 is 0 Å². The van der Waals surface area contributed by atoms with Crippen LogP contribution in [0.4, 0.5) is 0 Å². The Morgan fingerprint density at radius 2 is 2.21 bits per heavy atom. The van der Waals surface area contributed by atoms with E-state index in [9.17, 15) is 4.79 Å². The van der Waals surface area contributed by atoms with Crippen molar-refractivity contribution in [3.63, 3.8) is 0 Å². The summed E-state index contributed by atoms with van der Waals surface area (Å²) in [6, 6.07) is 5.56. The number of benzene rings is 1. The van der Waals surface area contributed by atoms with Crippen molar-refractivity contribution in [1.29, 1.82) is 0 Å². The van der Waals surface area contributed by atoms with Crippen molar-refractivity contribution in [2.45, 2.75) is 19.8 Å². The molecular formula is C11H13BrO2. The Kier molecular flexibility index (Phi) is 4.29. The van der Waals surface area contributed by atoms with Gasteiger partial charge in [-0.05, 0) is 27.9 Å². The highest BCUT2D eigenvalue weighted by molar-refractivity contribution is 9.10. The van der Waals surface area contributed by atoms with Crippen molar-refractivity contribution in [3.8, 4) is 0 Å². The number of aliphatic hydroxyl groups excluding tert-OH is 1. The van der Waals surface area contributed by atoms with Crippen LogP contribution in [0.15, 0.2) is 22.7 Å². The molecule has 0 aromatic heterocycles. The van der Waals surface area contributed by atoms with Crippen LogP contribution in [0.3, 0.4) is 0 Å². The van der Waals surface area contributed by atoms with Gasteiger partial charge in [0.1, 0.15) is 0 Å². The molecule has 1 aromatic carbocycles. The average molecular weight is 257 g/mol. The molecular weight excluding hydrogens is 244 g/mol. The lowest BCUT2D eigenvalue weighted by molar-refractivity contribution is 0.0987. The number of carbonyl (C=O) groups is 1. The van der Waals surface area contributed by atoms with Gasteiger partial charge in [0.15, 0.2) is 5.78 Å². The first-order chi connectivity index (χ1) is 6.70. The smallest absolute Gasteiger partial charge is 0.163 e. The fraction of sp³-hybridized carbons (Fsp3) is 0.364. The molecule has 1 N–H and O–H groups in total. The lowest BCUT2D eigenvalue weighted by Gasteiger charge is -2.06. The molecule has 0 unspecified atom stereocenters. The van der Waals surface area contributed by atoms with Crippen LogP contribution in [-0.4, -0.2) is 17.5 Å². The van der Waals surface area contributed by atoms with Gasteiger partial charge in [-0.3, -0.25) is 4.79 Å². The summed E-state index contributed by atoms with van der Waals surface area (Å²) in [5, 5.41) is 8.83. The molecule has 1 aromatic rings. The van der Waals surface area contributed by atoms with Crippen molar-refractivity contribution in [1.82, 2.24) is 0 Å². The molecule has 0 fully saturated rings. The topological polar surface area (TPSA) is 37.3 Å². The molecule has 0 aliphatic heterocycles. The summed E-state index contributed by atoms with van der Waals surface area (Å²) >= 11 is 3.39. The number of rotatable bonds is 4. The van der Waals surface area contributed by atoms with Gasteiger partial charge in [0.2, 0.25) is 0 Å². The maximum atomic E-state index is 11.5. The van der Waals surface area contributed by atoms with Crippen LogP contribution < -0.4 is 0 Å². The fourth-order valence-corrected chi connectivity index (χ4v) is 1.98. The molecule has 3 heteroatoms. The van der Waals surface area contributed by atoms with E-state index in [1.807, 2.05) is 19.1 Å². The van der Waals surface area contributed by atoms with E-state index in [1.54, 1.807) is 6.07 Å². The summed E-state index contributed by atoms with van der Waals surface area (Å²) in [5.74, 6) is 0.122. The van der Waals surface area contributed by atoms with Gasteiger partial charge in [-0.25, -0.2) is 0 Å². The summed E-state index contributed by atoms with van der Waals surface area (Å²) in [7, 11) is 0. The van der Waals surface area contributed by atoms with E-state index in [1.165, 1.54) is 0 Å². The SMILES string of the molecule is CCC(=O)c1cccc(CCO)c1Br. The third-order valence-electron chi connectivity index (χ3n) is 2.08. The third-order valence-corrected chi connectivity index (χ3v) is 3.02. The zero-order valence-corrected chi connectivity index (χ0v) is 9.67. The number of Topliss-reactive ketones (excluding diaryl/α,β-unsaturated/α-hetero) is 1. The number of hydrogen-bond acceptors (Lipinski definition) is 2. The van der Waals surface area contributed by atoms with Gasteiger partial charge >= 0.3 is 0 Å². The van der Waals surface area contributed by atoms with Crippen molar-refractivity contribution in [2.75, 3.05) is 6.61 Å². The Balaban J connectivity index is 3.07. The van der Waals surface area contributed by atoms with Crippen LogP contribution in [0.2, 0.25) is 0 Å². The Morgan fingerprint density at radius 1 is 1.50 bits per heavy atom. The Bertz CT molecular complexity index is 334. The molecule has 0 aliphatic carbocycles. The first-order valence-electron chi connectivity index (χ1n) is 4.62. The molecule has 0 atom stereocenters. The minimum Gasteiger partial charge on any atom is -0.396 e. The fourth-order valence-electron chi connectivity index (χ4n) is 1.30. The van der Waals surface area contributed by atoms with Crippen molar-refractivity contribution in [2.24, 2.45) is 0 Å². The zero-order chi connectivity index (χ0) is 10.6. The van der Waals surface area contributed by atoms with Gasteiger partial charge in [0.05, 0.1) is 0 Å². The minimum atomic E-state index is 0.0996. The summed E-state index contributed by atoms with van der Waals surface area (Å²) in [6.07, 6.45) is 1.08. The lowest BCUT2D eigenvalue weighted by atomic mass is 10.0. The summed E-state index contributed by atoms with van der Waals surface area (Å²) in [4.78, 5) is 11.5. The number of carbonyl (C=O) groups excluding carboxylic acids is 1. The van der Waals surface area contributed by atoms with E-state index >= 15 is 0 Å². The van der Waals surface area contributed by atoms with Crippen molar-refractivity contribution < 1.29 is 9.90 Å². The molecule has 0 saturated heterocycles. The number of ketones is 1. The third kappa shape index (κ3) is 2.42. The van der Waals surface area contributed by atoms with Crippen LogP contribution in [0.25, 0.3) is 0 Å². The number of halogens is 1. The second-order valence-corrected chi connectivity index (χ2v) is 3.82. The molecule has 0 radical (unpaired) electrons. The predicted molar refractivity (Wildman–Crippen MR) is 59.6 cm³/mol. The molecule has 76 valence electrons. The molecule has 0 aliphatic rings. The van der Waals surface area contributed by atoms with E-state index in [-0.39, 0.29) is 12.4 Å². The summed E-state index contributed by atoms with van der Waals surface area (Å²) in [6.45, 7) is 1.94. The molecule has 2 nitrogen and oxygen atoms in total. The molecule has 0 heterocycles. The zero-order valence-electron chi connectivity index (χ0n) is 8.09. The largest absolute Gasteiger partial charge is 0.396 e. The van der Waals surface area contributed by atoms with Crippen LogP contribution >= 0.6 is 15.9 Å². The van der Waals surface area contributed by atoms with Gasteiger partial charge in [-0.2, -0.15) is 0 Å².